The highest BCUT2D eigenvalue weighted by Crippen LogP contribution is 2.19. The molecule has 1 rings (SSSR count). The molecule has 0 radical (unpaired) electrons. The average Bonchev–Trinajstić information content (AvgIpc) is 2.96. The van der Waals surface area contributed by atoms with Gasteiger partial charge in [0.2, 0.25) is 23.6 Å². The SMILES string of the molecule is CCCCCC(=O)N[C@@H](CCC(=O)NC1CCC(NC(=O)CC)CC1)C(=O)NCCOCCOCCOCCOC. The standard InChI is InChI=1S/C29H54N4O8/c1-4-6-7-8-27(35)33-25(29(37)30-15-16-39-19-20-41-22-21-40-18-17-38-3)13-14-28(36)32-24-11-9-23(10-12-24)31-26(34)5-2/h23-25H,4-22H2,1-3H3,(H,30,37)(H,31,34)(H,32,36)(H,33,35)/t23?,24?,25-/m0/s1. The Morgan fingerprint density at radius 3 is 1.83 bits per heavy atom. The fourth-order valence-electron chi connectivity index (χ4n) is 4.41. The van der Waals surface area contributed by atoms with Crippen molar-refractivity contribution in [3.63, 3.8) is 0 Å². The van der Waals surface area contributed by atoms with Crippen molar-refractivity contribution in [1.82, 2.24) is 21.3 Å². The largest absolute Gasteiger partial charge is 0.382 e. The predicted molar refractivity (Wildman–Crippen MR) is 155 cm³/mol. The molecule has 0 spiro atoms. The summed E-state index contributed by atoms with van der Waals surface area (Å²) < 4.78 is 21.1. The first-order valence-corrected chi connectivity index (χ1v) is 15.3. The van der Waals surface area contributed by atoms with Gasteiger partial charge < -0.3 is 40.2 Å². The van der Waals surface area contributed by atoms with Crippen LogP contribution >= 0.6 is 0 Å². The van der Waals surface area contributed by atoms with Crippen LogP contribution in [0.15, 0.2) is 0 Å². The zero-order valence-corrected chi connectivity index (χ0v) is 25.4. The number of carbonyl (C=O) groups is 4. The molecule has 0 aromatic heterocycles. The molecule has 0 heterocycles. The molecule has 0 unspecified atom stereocenters. The van der Waals surface area contributed by atoms with Gasteiger partial charge in [0, 0.05) is 45.0 Å². The lowest BCUT2D eigenvalue weighted by molar-refractivity contribution is -0.130. The van der Waals surface area contributed by atoms with Crippen LogP contribution in [0.3, 0.4) is 0 Å². The predicted octanol–water partition coefficient (Wildman–Crippen LogP) is 1.60. The van der Waals surface area contributed by atoms with Crippen molar-refractivity contribution in [2.75, 3.05) is 59.9 Å². The van der Waals surface area contributed by atoms with Gasteiger partial charge in [-0.1, -0.05) is 26.7 Å². The monoisotopic (exact) mass is 586 g/mol. The van der Waals surface area contributed by atoms with E-state index in [1.165, 1.54) is 0 Å². The van der Waals surface area contributed by atoms with Gasteiger partial charge in [0.05, 0.1) is 46.2 Å². The summed E-state index contributed by atoms with van der Waals surface area (Å²) in [5, 5.41) is 11.7. The maximum atomic E-state index is 12.8. The van der Waals surface area contributed by atoms with Crippen molar-refractivity contribution >= 4 is 23.6 Å². The van der Waals surface area contributed by atoms with E-state index in [-0.39, 0.29) is 55.1 Å². The van der Waals surface area contributed by atoms with Gasteiger partial charge in [-0.15, -0.1) is 0 Å². The summed E-state index contributed by atoms with van der Waals surface area (Å²) in [6.45, 7) is 7.33. The summed E-state index contributed by atoms with van der Waals surface area (Å²) in [4.78, 5) is 49.5. The molecule has 0 aliphatic heterocycles. The average molecular weight is 587 g/mol. The highest BCUT2D eigenvalue weighted by molar-refractivity contribution is 5.88. The molecule has 12 nitrogen and oxygen atoms in total. The van der Waals surface area contributed by atoms with E-state index >= 15 is 0 Å². The van der Waals surface area contributed by atoms with Crippen molar-refractivity contribution in [1.29, 1.82) is 0 Å². The quantitative estimate of drug-likeness (QED) is 0.124. The van der Waals surface area contributed by atoms with Gasteiger partial charge in [-0.2, -0.15) is 0 Å². The maximum Gasteiger partial charge on any atom is 0.242 e. The first-order valence-electron chi connectivity index (χ1n) is 15.3. The Bertz CT molecular complexity index is 732. The van der Waals surface area contributed by atoms with Crippen molar-refractivity contribution in [2.24, 2.45) is 0 Å². The fourth-order valence-corrected chi connectivity index (χ4v) is 4.41. The van der Waals surface area contributed by atoms with E-state index in [4.69, 9.17) is 18.9 Å². The fraction of sp³-hybridized carbons (Fsp3) is 0.862. The summed E-state index contributed by atoms with van der Waals surface area (Å²) in [7, 11) is 1.62. The third-order valence-electron chi connectivity index (χ3n) is 6.82. The lowest BCUT2D eigenvalue weighted by Crippen LogP contribution is -2.48. The summed E-state index contributed by atoms with van der Waals surface area (Å²) >= 11 is 0. The number of methoxy groups -OCH3 is 1. The van der Waals surface area contributed by atoms with Gasteiger partial charge >= 0.3 is 0 Å². The Balaban J connectivity index is 2.35. The summed E-state index contributed by atoms with van der Waals surface area (Å²) in [5.41, 5.74) is 0. The van der Waals surface area contributed by atoms with E-state index < -0.39 is 6.04 Å². The molecule has 1 aliphatic rings. The lowest BCUT2D eigenvalue weighted by Gasteiger charge is -2.29. The second-order valence-corrected chi connectivity index (χ2v) is 10.3. The molecule has 4 N–H and O–H groups in total. The summed E-state index contributed by atoms with van der Waals surface area (Å²) in [6.07, 6.45) is 7.10. The van der Waals surface area contributed by atoms with Crippen LogP contribution in [0.4, 0.5) is 0 Å². The third kappa shape index (κ3) is 19.5. The Kier molecular flexibility index (Phi) is 21.8. The van der Waals surface area contributed by atoms with E-state index in [9.17, 15) is 19.2 Å². The normalized spacial score (nSPS) is 17.4. The molecule has 4 amide bonds. The molecule has 238 valence electrons. The molecule has 0 aromatic carbocycles. The molecule has 41 heavy (non-hydrogen) atoms. The van der Waals surface area contributed by atoms with Crippen LogP contribution < -0.4 is 21.3 Å². The molecular formula is C29H54N4O8. The zero-order chi connectivity index (χ0) is 30.1. The Morgan fingerprint density at radius 2 is 1.27 bits per heavy atom. The number of hydrogen-bond donors (Lipinski definition) is 4. The van der Waals surface area contributed by atoms with Gasteiger partial charge in [-0.05, 0) is 38.5 Å². The van der Waals surface area contributed by atoms with Crippen LogP contribution in [0.5, 0.6) is 0 Å². The van der Waals surface area contributed by atoms with Gasteiger partial charge in [0.25, 0.3) is 0 Å². The molecule has 0 bridgehead atoms. The molecule has 0 aromatic rings. The first kappa shape index (κ1) is 36.7. The summed E-state index contributed by atoms with van der Waals surface area (Å²) in [6, 6.07) is -0.581. The van der Waals surface area contributed by atoms with Crippen molar-refractivity contribution in [3.05, 3.63) is 0 Å². The van der Waals surface area contributed by atoms with Gasteiger partial charge in [-0.3, -0.25) is 19.2 Å². The van der Waals surface area contributed by atoms with Crippen LogP contribution in [-0.4, -0.2) is 102 Å². The number of rotatable bonds is 24. The minimum absolute atomic E-state index is 0.0507. The van der Waals surface area contributed by atoms with Gasteiger partial charge in [-0.25, -0.2) is 0 Å². The molecule has 1 saturated carbocycles. The smallest absolute Gasteiger partial charge is 0.242 e. The van der Waals surface area contributed by atoms with E-state index in [1.807, 2.05) is 6.92 Å². The Labute approximate surface area is 245 Å². The van der Waals surface area contributed by atoms with E-state index in [0.717, 1.165) is 44.9 Å². The van der Waals surface area contributed by atoms with Crippen LogP contribution in [-0.2, 0) is 38.1 Å². The van der Waals surface area contributed by atoms with E-state index in [0.29, 0.717) is 59.1 Å². The second kappa shape index (κ2) is 24.3. The van der Waals surface area contributed by atoms with Gasteiger partial charge in [0.1, 0.15) is 6.04 Å². The van der Waals surface area contributed by atoms with Crippen LogP contribution in [0.1, 0.15) is 84.5 Å². The van der Waals surface area contributed by atoms with Crippen LogP contribution in [0.25, 0.3) is 0 Å². The number of ether oxygens (including phenoxy) is 4. The highest BCUT2D eigenvalue weighted by Gasteiger charge is 2.25. The lowest BCUT2D eigenvalue weighted by atomic mass is 9.91. The Hall–Kier alpha value is -2.28. The number of hydrogen-bond acceptors (Lipinski definition) is 8. The van der Waals surface area contributed by atoms with Crippen molar-refractivity contribution in [2.45, 2.75) is 103 Å². The maximum absolute atomic E-state index is 12.8. The van der Waals surface area contributed by atoms with Crippen molar-refractivity contribution < 1.29 is 38.1 Å². The number of nitrogens with one attached hydrogen (secondary N) is 4. The topological polar surface area (TPSA) is 153 Å². The number of amides is 4. The van der Waals surface area contributed by atoms with E-state index in [2.05, 4.69) is 28.2 Å². The van der Waals surface area contributed by atoms with Crippen molar-refractivity contribution in [3.8, 4) is 0 Å². The zero-order valence-electron chi connectivity index (χ0n) is 25.4. The second-order valence-electron chi connectivity index (χ2n) is 10.3. The molecular weight excluding hydrogens is 532 g/mol. The minimum Gasteiger partial charge on any atom is -0.382 e. The first-order chi connectivity index (χ1) is 19.9. The highest BCUT2D eigenvalue weighted by atomic mass is 16.6. The molecule has 0 saturated heterocycles. The third-order valence-corrected chi connectivity index (χ3v) is 6.82. The molecule has 1 fully saturated rings. The Morgan fingerprint density at radius 1 is 0.707 bits per heavy atom. The van der Waals surface area contributed by atoms with Gasteiger partial charge in [0.15, 0.2) is 0 Å². The number of unbranched alkanes of at least 4 members (excludes halogenated alkanes) is 2. The molecule has 1 aliphatic carbocycles. The van der Waals surface area contributed by atoms with Crippen LogP contribution in [0.2, 0.25) is 0 Å². The molecule has 1 atom stereocenters. The number of carbonyl (C=O) groups excluding carboxylic acids is 4. The van der Waals surface area contributed by atoms with E-state index in [1.54, 1.807) is 7.11 Å². The summed E-state index contributed by atoms with van der Waals surface area (Å²) in [5.74, 6) is -0.612. The minimum atomic E-state index is -0.795. The van der Waals surface area contributed by atoms with Crippen LogP contribution in [0, 0.1) is 0 Å². The molecule has 12 heteroatoms.